The van der Waals surface area contributed by atoms with E-state index in [1.54, 1.807) is 0 Å². The average molecular weight is 373 g/mol. The number of hydrogen-bond donors (Lipinski definition) is 0. The van der Waals surface area contributed by atoms with Crippen LogP contribution in [0.3, 0.4) is 0 Å². The van der Waals surface area contributed by atoms with Gasteiger partial charge in [-0.3, -0.25) is 0 Å². The maximum absolute atomic E-state index is 6.46. The van der Waals surface area contributed by atoms with Gasteiger partial charge in [0.05, 0.1) is 0 Å². The summed E-state index contributed by atoms with van der Waals surface area (Å²) in [6.07, 6.45) is 0. The first-order valence-electron chi connectivity index (χ1n) is 10.1. The molecule has 0 aromatic heterocycles. The molecule has 0 spiro atoms. The highest BCUT2D eigenvalue weighted by Gasteiger charge is 2.42. The summed E-state index contributed by atoms with van der Waals surface area (Å²) >= 11 is 0. The third-order valence-electron chi connectivity index (χ3n) is 6.08. The van der Waals surface area contributed by atoms with Crippen molar-refractivity contribution in [2.75, 3.05) is 4.90 Å². The topological polar surface area (TPSA) is 12.5 Å². The lowest BCUT2D eigenvalue weighted by molar-refractivity contribution is 0.487. The van der Waals surface area contributed by atoms with Gasteiger partial charge >= 0.3 is 0 Å². The molecule has 0 bridgehead atoms. The van der Waals surface area contributed by atoms with Crippen LogP contribution in [0.5, 0.6) is 11.5 Å². The highest BCUT2D eigenvalue weighted by molar-refractivity contribution is 6.99. The summed E-state index contributed by atoms with van der Waals surface area (Å²) in [5.74, 6) is 1.94. The van der Waals surface area contributed by atoms with Gasteiger partial charge in [0.2, 0.25) is 0 Å². The summed E-state index contributed by atoms with van der Waals surface area (Å²) in [5.41, 5.74) is 9.99. The lowest BCUT2D eigenvalue weighted by atomic mass is 9.33. The van der Waals surface area contributed by atoms with Crippen molar-refractivity contribution in [3.63, 3.8) is 0 Å². The molecule has 4 aromatic rings. The Kier molecular flexibility index (Phi) is 3.42. The first kappa shape index (κ1) is 16.5. The molecular formula is C26H20BNO. The molecule has 4 aromatic carbocycles. The summed E-state index contributed by atoms with van der Waals surface area (Å²) in [5, 5.41) is 0. The average Bonchev–Trinajstić information content (AvgIpc) is 2.74. The molecule has 0 aliphatic carbocycles. The SMILES string of the molecule is Cc1cc(C)c2c(c1)Oc1cccc3c1B2c1ccccc1N3c1ccccc1. The Balaban J connectivity index is 1.70. The molecule has 0 radical (unpaired) electrons. The van der Waals surface area contributed by atoms with E-state index in [-0.39, 0.29) is 6.71 Å². The van der Waals surface area contributed by atoms with Gasteiger partial charge in [-0.2, -0.15) is 0 Å². The van der Waals surface area contributed by atoms with Crippen molar-refractivity contribution in [1.82, 2.24) is 0 Å². The smallest absolute Gasteiger partial charge is 0.256 e. The van der Waals surface area contributed by atoms with E-state index in [0.29, 0.717) is 0 Å². The van der Waals surface area contributed by atoms with Gasteiger partial charge in [0, 0.05) is 17.1 Å². The van der Waals surface area contributed by atoms with Crippen molar-refractivity contribution in [2.45, 2.75) is 13.8 Å². The van der Waals surface area contributed by atoms with Crippen molar-refractivity contribution in [1.29, 1.82) is 0 Å². The van der Waals surface area contributed by atoms with Crippen molar-refractivity contribution in [3.05, 3.63) is 96.1 Å². The lowest BCUT2D eigenvalue weighted by Crippen LogP contribution is -2.60. The zero-order valence-electron chi connectivity index (χ0n) is 16.5. The number of fused-ring (bicyclic) bond motifs is 4. The maximum Gasteiger partial charge on any atom is 0.256 e. The Hall–Kier alpha value is -3.46. The Morgan fingerprint density at radius 1 is 0.690 bits per heavy atom. The van der Waals surface area contributed by atoms with E-state index < -0.39 is 0 Å². The fraction of sp³-hybridized carbons (Fsp3) is 0.0769. The van der Waals surface area contributed by atoms with Crippen LogP contribution >= 0.6 is 0 Å². The van der Waals surface area contributed by atoms with E-state index in [9.17, 15) is 0 Å². The predicted molar refractivity (Wildman–Crippen MR) is 122 cm³/mol. The minimum absolute atomic E-state index is 0.182. The van der Waals surface area contributed by atoms with E-state index in [1.807, 2.05) is 0 Å². The van der Waals surface area contributed by atoms with Crippen LogP contribution < -0.4 is 26.0 Å². The van der Waals surface area contributed by atoms with Gasteiger partial charge in [-0.15, -0.1) is 0 Å². The highest BCUT2D eigenvalue weighted by Crippen LogP contribution is 2.40. The second-order valence-electron chi connectivity index (χ2n) is 7.95. The minimum Gasteiger partial charge on any atom is -0.458 e. The van der Waals surface area contributed by atoms with E-state index in [0.717, 1.165) is 11.5 Å². The Bertz CT molecular complexity index is 1270. The van der Waals surface area contributed by atoms with E-state index in [4.69, 9.17) is 4.74 Å². The number of para-hydroxylation sites is 2. The number of anilines is 3. The minimum atomic E-state index is 0.182. The second kappa shape index (κ2) is 6.02. The van der Waals surface area contributed by atoms with Crippen molar-refractivity contribution in [2.24, 2.45) is 0 Å². The molecule has 0 fully saturated rings. The molecule has 0 unspecified atom stereocenters. The third-order valence-corrected chi connectivity index (χ3v) is 6.08. The molecule has 6 rings (SSSR count). The summed E-state index contributed by atoms with van der Waals surface area (Å²) in [6, 6.07) is 30.2. The van der Waals surface area contributed by atoms with Crippen LogP contribution in [-0.4, -0.2) is 6.71 Å². The van der Waals surface area contributed by atoms with Crippen LogP contribution in [0.4, 0.5) is 17.1 Å². The normalized spacial score (nSPS) is 13.3. The molecule has 2 aliphatic heterocycles. The number of rotatable bonds is 1. The fourth-order valence-electron chi connectivity index (χ4n) is 4.99. The van der Waals surface area contributed by atoms with E-state index in [1.165, 1.54) is 44.6 Å². The molecule has 2 nitrogen and oxygen atoms in total. The zero-order chi connectivity index (χ0) is 19.5. The molecule has 0 saturated heterocycles. The molecule has 0 amide bonds. The van der Waals surface area contributed by atoms with Crippen molar-refractivity contribution < 1.29 is 4.74 Å². The summed E-state index contributed by atoms with van der Waals surface area (Å²) in [4.78, 5) is 2.36. The van der Waals surface area contributed by atoms with Crippen LogP contribution in [0.1, 0.15) is 11.1 Å². The highest BCUT2D eigenvalue weighted by atomic mass is 16.5. The largest absolute Gasteiger partial charge is 0.458 e. The van der Waals surface area contributed by atoms with Crippen molar-refractivity contribution in [3.8, 4) is 11.5 Å². The van der Waals surface area contributed by atoms with Crippen LogP contribution in [0.25, 0.3) is 0 Å². The molecule has 2 aliphatic rings. The quantitative estimate of drug-likeness (QED) is 0.387. The van der Waals surface area contributed by atoms with Gasteiger partial charge in [0.1, 0.15) is 11.5 Å². The number of ether oxygens (including phenoxy) is 1. The molecule has 0 atom stereocenters. The van der Waals surface area contributed by atoms with Gasteiger partial charge in [0.15, 0.2) is 0 Å². The molecule has 2 heterocycles. The molecule has 3 heteroatoms. The van der Waals surface area contributed by atoms with Crippen LogP contribution in [0.2, 0.25) is 0 Å². The maximum atomic E-state index is 6.46. The Morgan fingerprint density at radius 2 is 1.45 bits per heavy atom. The number of benzene rings is 4. The second-order valence-corrected chi connectivity index (χ2v) is 7.95. The lowest BCUT2D eigenvalue weighted by Gasteiger charge is -2.40. The Morgan fingerprint density at radius 3 is 2.31 bits per heavy atom. The van der Waals surface area contributed by atoms with Crippen LogP contribution in [0, 0.1) is 13.8 Å². The van der Waals surface area contributed by atoms with Gasteiger partial charge in [0.25, 0.3) is 6.71 Å². The van der Waals surface area contributed by atoms with Gasteiger partial charge in [-0.1, -0.05) is 54.1 Å². The van der Waals surface area contributed by atoms with Crippen LogP contribution in [0.15, 0.2) is 84.9 Å². The molecular weight excluding hydrogens is 353 g/mol. The Labute approximate surface area is 171 Å². The summed E-state index contributed by atoms with van der Waals surface area (Å²) in [6.45, 7) is 4.52. The zero-order valence-corrected chi connectivity index (χ0v) is 16.5. The first-order valence-corrected chi connectivity index (χ1v) is 10.1. The van der Waals surface area contributed by atoms with Crippen molar-refractivity contribution >= 4 is 40.2 Å². The van der Waals surface area contributed by atoms with Gasteiger partial charge in [-0.05, 0) is 72.2 Å². The third kappa shape index (κ3) is 2.31. The fourth-order valence-corrected chi connectivity index (χ4v) is 4.99. The van der Waals surface area contributed by atoms with E-state index in [2.05, 4.69) is 104 Å². The number of nitrogens with zero attached hydrogens (tertiary/aromatic N) is 1. The summed E-state index contributed by atoms with van der Waals surface area (Å²) in [7, 11) is 0. The first-order chi connectivity index (χ1) is 14.2. The molecule has 0 N–H and O–H groups in total. The number of aryl methyl sites for hydroxylation is 2. The number of hydrogen-bond acceptors (Lipinski definition) is 2. The monoisotopic (exact) mass is 373 g/mol. The van der Waals surface area contributed by atoms with Crippen LogP contribution in [-0.2, 0) is 0 Å². The van der Waals surface area contributed by atoms with Gasteiger partial charge < -0.3 is 9.64 Å². The molecule has 29 heavy (non-hydrogen) atoms. The standard InChI is InChI=1S/C26H20BNO/c1-17-15-18(2)25-24(16-17)29-23-14-8-13-22-26(23)27(25)20-11-6-7-12-21(20)28(22)19-9-4-3-5-10-19/h3-16H,1-2H3. The predicted octanol–water partition coefficient (Wildman–Crippen LogP) is 4.71. The van der Waals surface area contributed by atoms with Gasteiger partial charge in [-0.25, -0.2) is 0 Å². The molecule has 138 valence electrons. The molecule has 0 saturated carbocycles. The van der Waals surface area contributed by atoms with E-state index >= 15 is 0 Å². The summed E-state index contributed by atoms with van der Waals surface area (Å²) < 4.78 is 6.46.